The van der Waals surface area contributed by atoms with E-state index >= 15 is 0 Å². The Bertz CT molecular complexity index is 302. The first-order chi connectivity index (χ1) is 6.14. The highest BCUT2D eigenvalue weighted by molar-refractivity contribution is 8.60. The highest BCUT2D eigenvalue weighted by Gasteiger charge is 2.12. The van der Waals surface area contributed by atoms with E-state index in [1.165, 1.54) is 0 Å². The molecule has 0 aliphatic carbocycles. The van der Waals surface area contributed by atoms with Crippen LogP contribution in [0.3, 0.4) is 0 Å². The minimum absolute atomic E-state index is 0.521. The molecule has 1 unspecified atom stereocenters. The molecule has 0 aliphatic heterocycles. The van der Waals surface area contributed by atoms with Crippen molar-refractivity contribution in [1.29, 1.82) is 0 Å². The topological polar surface area (TPSA) is 18.5 Å². The smallest absolute Gasteiger partial charge is 0.294 e. The summed E-state index contributed by atoms with van der Waals surface area (Å²) in [6.07, 6.45) is 0. The summed E-state index contributed by atoms with van der Waals surface area (Å²) in [5, 5.41) is 0. The molecule has 0 fully saturated rings. The summed E-state index contributed by atoms with van der Waals surface area (Å²) in [6.45, 7) is 2.39. The average Bonchev–Trinajstić information content (AvgIpc) is 2.04. The van der Waals surface area contributed by atoms with Gasteiger partial charge < -0.3 is 9.05 Å². The van der Waals surface area contributed by atoms with Gasteiger partial charge in [-0.05, 0) is 30.9 Å². The van der Waals surface area contributed by atoms with Crippen molar-refractivity contribution in [2.24, 2.45) is 0 Å². The fourth-order valence-corrected chi connectivity index (χ4v) is 2.77. The lowest BCUT2D eigenvalue weighted by Crippen LogP contribution is -1.91. The van der Waals surface area contributed by atoms with E-state index in [0.717, 1.165) is 0 Å². The summed E-state index contributed by atoms with van der Waals surface area (Å²) in [6, 6.07) is 9.33. The van der Waals surface area contributed by atoms with Crippen molar-refractivity contribution in [2.45, 2.75) is 6.92 Å². The Morgan fingerprint density at radius 1 is 1.38 bits per heavy atom. The molecule has 0 aromatic heterocycles. The van der Waals surface area contributed by atoms with Crippen LogP contribution in [-0.2, 0) is 16.3 Å². The third-order valence-electron chi connectivity index (χ3n) is 1.26. The van der Waals surface area contributed by atoms with Crippen LogP contribution in [0.15, 0.2) is 30.3 Å². The fraction of sp³-hybridized carbons (Fsp3) is 0.250. The van der Waals surface area contributed by atoms with Crippen LogP contribution in [0.25, 0.3) is 0 Å². The van der Waals surface area contributed by atoms with Crippen LogP contribution in [0.4, 0.5) is 0 Å². The molecule has 0 spiro atoms. The molecule has 0 amide bonds. The molecule has 0 saturated heterocycles. The van der Waals surface area contributed by atoms with Crippen molar-refractivity contribution in [3.05, 3.63) is 30.3 Å². The van der Waals surface area contributed by atoms with Crippen LogP contribution in [0, 0.1) is 0 Å². The predicted octanol–water partition coefficient (Wildman–Crippen LogP) is 3.26. The van der Waals surface area contributed by atoms with Gasteiger partial charge in [-0.3, -0.25) is 0 Å². The number of para-hydroxylation sites is 1. The number of benzene rings is 1. The van der Waals surface area contributed by atoms with Crippen molar-refractivity contribution in [3.8, 4) is 5.75 Å². The zero-order valence-corrected chi connectivity index (χ0v) is 9.82. The second kappa shape index (κ2) is 5.01. The first-order valence-corrected chi connectivity index (χ1v) is 7.65. The molecular formula is C8H11O2PS2. The van der Waals surface area contributed by atoms with Crippen LogP contribution in [0.1, 0.15) is 6.92 Å². The van der Waals surface area contributed by atoms with E-state index in [9.17, 15) is 0 Å². The molecule has 72 valence electrons. The molecular weight excluding hydrogens is 223 g/mol. The Labute approximate surface area is 88.6 Å². The number of hydrogen-bond donors (Lipinski definition) is 1. The molecule has 0 radical (unpaired) electrons. The third kappa shape index (κ3) is 4.14. The molecule has 0 N–H and O–H groups in total. The number of rotatable bonds is 4. The van der Waals surface area contributed by atoms with Crippen LogP contribution in [-0.4, -0.2) is 6.61 Å². The summed E-state index contributed by atoms with van der Waals surface area (Å²) >= 11 is 9.22. The largest absolute Gasteiger partial charge is 0.436 e. The maximum Gasteiger partial charge on any atom is 0.294 e. The fourth-order valence-electron chi connectivity index (χ4n) is 0.804. The minimum atomic E-state index is -2.39. The molecule has 5 heteroatoms. The molecule has 1 aromatic carbocycles. The van der Waals surface area contributed by atoms with Crippen LogP contribution in [0.2, 0.25) is 0 Å². The molecule has 2 nitrogen and oxygen atoms in total. The van der Waals surface area contributed by atoms with Gasteiger partial charge in [0.15, 0.2) is 0 Å². The summed E-state index contributed by atoms with van der Waals surface area (Å²) in [7, 11) is 0. The van der Waals surface area contributed by atoms with Gasteiger partial charge in [-0.25, -0.2) is 0 Å². The summed E-state index contributed by atoms with van der Waals surface area (Å²) in [5.74, 6) is 0.703. The highest BCUT2D eigenvalue weighted by atomic mass is 32.9. The number of thiol groups is 1. The van der Waals surface area contributed by atoms with Gasteiger partial charge in [0.05, 0.1) is 6.61 Å². The van der Waals surface area contributed by atoms with Gasteiger partial charge in [-0.2, -0.15) is 0 Å². The van der Waals surface area contributed by atoms with Gasteiger partial charge in [-0.1, -0.05) is 30.4 Å². The zero-order chi connectivity index (χ0) is 9.73. The van der Waals surface area contributed by atoms with Gasteiger partial charge in [0.25, 0.3) is 5.69 Å². The van der Waals surface area contributed by atoms with Crippen LogP contribution in [0.5, 0.6) is 5.75 Å². The molecule has 13 heavy (non-hydrogen) atoms. The molecule has 1 atom stereocenters. The van der Waals surface area contributed by atoms with E-state index in [1.807, 2.05) is 37.3 Å². The molecule has 1 aromatic rings. The van der Waals surface area contributed by atoms with Crippen LogP contribution >= 0.6 is 17.9 Å². The van der Waals surface area contributed by atoms with E-state index in [4.69, 9.17) is 20.9 Å². The van der Waals surface area contributed by atoms with E-state index in [1.54, 1.807) is 0 Å². The summed E-state index contributed by atoms with van der Waals surface area (Å²) in [5.41, 5.74) is -2.39. The highest BCUT2D eigenvalue weighted by Crippen LogP contribution is 2.52. The van der Waals surface area contributed by atoms with E-state index in [-0.39, 0.29) is 0 Å². The lowest BCUT2D eigenvalue weighted by Gasteiger charge is -2.16. The monoisotopic (exact) mass is 234 g/mol. The lowest BCUT2D eigenvalue weighted by molar-refractivity contribution is 0.345. The van der Waals surface area contributed by atoms with Gasteiger partial charge in [0.2, 0.25) is 0 Å². The van der Waals surface area contributed by atoms with Crippen molar-refractivity contribution >= 4 is 29.7 Å². The maximum atomic E-state index is 5.41. The van der Waals surface area contributed by atoms with Crippen LogP contribution < -0.4 is 4.52 Å². The van der Waals surface area contributed by atoms with E-state index < -0.39 is 5.69 Å². The minimum Gasteiger partial charge on any atom is -0.436 e. The molecule has 0 bridgehead atoms. The van der Waals surface area contributed by atoms with Crippen molar-refractivity contribution < 1.29 is 9.05 Å². The van der Waals surface area contributed by atoms with Crippen molar-refractivity contribution in [2.75, 3.05) is 6.61 Å². The van der Waals surface area contributed by atoms with Gasteiger partial charge in [-0.15, -0.1) is 0 Å². The molecule has 0 aliphatic rings. The Morgan fingerprint density at radius 2 is 2.00 bits per heavy atom. The first-order valence-electron chi connectivity index (χ1n) is 3.86. The van der Waals surface area contributed by atoms with E-state index in [0.29, 0.717) is 12.4 Å². The lowest BCUT2D eigenvalue weighted by atomic mass is 10.3. The van der Waals surface area contributed by atoms with Crippen molar-refractivity contribution in [3.63, 3.8) is 0 Å². The Hall–Kier alpha value is -0.0200. The Kier molecular flexibility index (Phi) is 4.26. The first kappa shape index (κ1) is 11.1. The van der Waals surface area contributed by atoms with E-state index in [2.05, 4.69) is 12.2 Å². The van der Waals surface area contributed by atoms with Gasteiger partial charge in [0.1, 0.15) is 5.75 Å². The molecule has 0 saturated carbocycles. The predicted molar refractivity (Wildman–Crippen MR) is 62.0 cm³/mol. The second-order valence-electron chi connectivity index (χ2n) is 2.29. The summed E-state index contributed by atoms with van der Waals surface area (Å²) < 4.78 is 10.6. The number of hydrogen-bond acceptors (Lipinski definition) is 3. The van der Waals surface area contributed by atoms with Gasteiger partial charge in [0, 0.05) is 0 Å². The maximum absolute atomic E-state index is 5.41. The van der Waals surface area contributed by atoms with Crippen molar-refractivity contribution in [1.82, 2.24) is 0 Å². The average molecular weight is 234 g/mol. The Morgan fingerprint density at radius 3 is 2.54 bits per heavy atom. The Balaban J connectivity index is 2.64. The zero-order valence-electron chi connectivity index (χ0n) is 7.21. The normalized spacial score (nSPS) is 14.9. The standard InChI is InChI=1S/C8H11O2PS2/c1-2-9-11(12,13)10-8-6-4-3-5-7-8/h3-7H,2H2,1H3,(H,12,13). The SMILES string of the molecule is CCOP(=S)(S)Oc1ccccc1. The second-order valence-corrected chi connectivity index (χ2v) is 7.50. The molecule has 0 heterocycles. The quantitative estimate of drug-likeness (QED) is 0.637. The molecule has 1 rings (SSSR count). The van der Waals surface area contributed by atoms with Gasteiger partial charge >= 0.3 is 0 Å². The third-order valence-corrected chi connectivity index (χ3v) is 3.41. The summed E-state index contributed by atoms with van der Waals surface area (Å²) in [4.78, 5) is 0.